The highest BCUT2D eigenvalue weighted by Gasteiger charge is 2.47. The van der Waals surface area contributed by atoms with Gasteiger partial charge in [0.15, 0.2) is 0 Å². The lowest BCUT2D eigenvalue weighted by Crippen LogP contribution is -2.59. The number of benzene rings is 1. The van der Waals surface area contributed by atoms with Crippen LogP contribution in [-0.2, 0) is 0 Å². The van der Waals surface area contributed by atoms with Gasteiger partial charge in [-0.3, -0.25) is 4.79 Å². The van der Waals surface area contributed by atoms with Gasteiger partial charge >= 0.3 is 6.03 Å². The first-order valence-corrected chi connectivity index (χ1v) is 9.77. The molecule has 1 aliphatic carbocycles. The van der Waals surface area contributed by atoms with Crippen molar-refractivity contribution in [2.24, 2.45) is 0 Å². The Morgan fingerprint density at radius 3 is 2.75 bits per heavy atom. The van der Waals surface area contributed by atoms with Crippen LogP contribution in [0, 0.1) is 0 Å². The molecule has 28 heavy (non-hydrogen) atoms. The second-order valence-electron chi connectivity index (χ2n) is 7.27. The van der Waals surface area contributed by atoms with Crippen molar-refractivity contribution < 1.29 is 9.59 Å². The molecule has 146 valence electrons. The van der Waals surface area contributed by atoms with E-state index in [2.05, 4.69) is 26.3 Å². The predicted molar refractivity (Wildman–Crippen MR) is 109 cm³/mol. The Hall–Kier alpha value is -2.64. The summed E-state index contributed by atoms with van der Waals surface area (Å²) in [6.45, 7) is 0.930. The molecular weight excluding hydrogens is 378 g/mol. The largest absolute Gasteiger partial charge is 0.333 e. The van der Waals surface area contributed by atoms with Crippen molar-refractivity contribution in [3.63, 3.8) is 0 Å². The van der Waals surface area contributed by atoms with Gasteiger partial charge in [0.2, 0.25) is 0 Å². The first-order chi connectivity index (χ1) is 13.5. The third kappa shape index (κ3) is 3.95. The van der Waals surface area contributed by atoms with Crippen molar-refractivity contribution in [3.8, 4) is 0 Å². The summed E-state index contributed by atoms with van der Waals surface area (Å²) < 4.78 is 0. The number of amides is 3. The Balaban J connectivity index is 1.37. The molecule has 1 aliphatic heterocycles. The fraction of sp³-hybridized carbons (Fsp3) is 0.350. The van der Waals surface area contributed by atoms with Gasteiger partial charge < -0.3 is 21.3 Å². The second-order valence-corrected chi connectivity index (χ2v) is 7.71. The number of anilines is 2. The Bertz CT molecular complexity index is 882. The minimum Gasteiger partial charge on any atom is -0.333 e. The summed E-state index contributed by atoms with van der Waals surface area (Å²) in [6.07, 6.45) is 5.81. The highest BCUT2D eigenvalue weighted by Crippen LogP contribution is 2.39. The molecule has 1 unspecified atom stereocenters. The van der Waals surface area contributed by atoms with E-state index in [0.29, 0.717) is 22.1 Å². The molecule has 2 heterocycles. The Morgan fingerprint density at radius 1 is 1.18 bits per heavy atom. The van der Waals surface area contributed by atoms with Gasteiger partial charge in [0.1, 0.15) is 5.82 Å². The van der Waals surface area contributed by atoms with E-state index in [1.54, 1.807) is 36.4 Å². The van der Waals surface area contributed by atoms with Crippen molar-refractivity contribution in [1.82, 2.24) is 15.6 Å². The van der Waals surface area contributed by atoms with E-state index < -0.39 is 0 Å². The molecule has 1 spiro atoms. The minimum absolute atomic E-state index is 0.0741. The number of urea groups is 1. The van der Waals surface area contributed by atoms with E-state index >= 15 is 0 Å². The highest BCUT2D eigenvalue weighted by atomic mass is 35.5. The first-order valence-electron chi connectivity index (χ1n) is 9.40. The van der Waals surface area contributed by atoms with Gasteiger partial charge in [0.05, 0.1) is 5.02 Å². The number of aromatic nitrogens is 1. The van der Waals surface area contributed by atoms with Crippen molar-refractivity contribution in [2.75, 3.05) is 17.2 Å². The van der Waals surface area contributed by atoms with Crippen LogP contribution in [0.3, 0.4) is 0 Å². The van der Waals surface area contributed by atoms with Crippen LogP contribution in [0.5, 0.6) is 0 Å². The van der Waals surface area contributed by atoms with Crippen LogP contribution in [0.25, 0.3) is 0 Å². The zero-order chi connectivity index (χ0) is 19.6. The molecule has 2 fully saturated rings. The molecule has 1 aromatic heterocycles. The zero-order valence-corrected chi connectivity index (χ0v) is 16.1. The van der Waals surface area contributed by atoms with Crippen LogP contribution < -0.4 is 21.3 Å². The van der Waals surface area contributed by atoms with Crippen LogP contribution in [0.15, 0.2) is 42.6 Å². The van der Waals surface area contributed by atoms with Gasteiger partial charge in [-0.15, -0.1) is 0 Å². The molecule has 4 rings (SSSR count). The van der Waals surface area contributed by atoms with E-state index in [4.69, 9.17) is 11.6 Å². The SMILES string of the molecule is O=C(Nc1cccc(C(=O)Nc2ccc(Cl)cn2)c1)NC1CCNC12CCC2. The number of carbonyl (C=O) groups is 2. The molecule has 2 aliphatic rings. The quantitative estimate of drug-likeness (QED) is 0.633. The number of pyridine rings is 1. The van der Waals surface area contributed by atoms with Gasteiger partial charge in [-0.25, -0.2) is 9.78 Å². The molecule has 2 aromatic rings. The molecule has 1 aromatic carbocycles. The number of halogens is 1. The topological polar surface area (TPSA) is 95.2 Å². The lowest BCUT2D eigenvalue weighted by atomic mass is 9.73. The average molecular weight is 400 g/mol. The number of hydrogen-bond donors (Lipinski definition) is 4. The van der Waals surface area contributed by atoms with Crippen molar-refractivity contribution >= 4 is 35.0 Å². The molecule has 0 radical (unpaired) electrons. The van der Waals surface area contributed by atoms with Crippen LogP contribution in [0.4, 0.5) is 16.3 Å². The minimum atomic E-state index is -0.313. The number of nitrogens with one attached hydrogen (secondary N) is 4. The molecule has 4 N–H and O–H groups in total. The number of nitrogens with zero attached hydrogens (tertiary/aromatic N) is 1. The van der Waals surface area contributed by atoms with Crippen molar-refractivity contribution in [3.05, 3.63) is 53.2 Å². The van der Waals surface area contributed by atoms with E-state index in [1.807, 2.05) is 0 Å². The van der Waals surface area contributed by atoms with Crippen LogP contribution >= 0.6 is 11.6 Å². The maximum absolute atomic E-state index is 12.4. The number of rotatable bonds is 4. The Morgan fingerprint density at radius 2 is 2.04 bits per heavy atom. The van der Waals surface area contributed by atoms with Crippen LogP contribution in [0.1, 0.15) is 36.0 Å². The van der Waals surface area contributed by atoms with E-state index in [-0.39, 0.29) is 23.5 Å². The Labute approximate surface area is 168 Å². The molecule has 3 amide bonds. The van der Waals surface area contributed by atoms with Gasteiger partial charge in [0, 0.05) is 29.0 Å². The molecule has 0 bridgehead atoms. The molecule has 8 heteroatoms. The zero-order valence-electron chi connectivity index (χ0n) is 15.3. The second kappa shape index (κ2) is 7.77. The van der Waals surface area contributed by atoms with E-state index in [9.17, 15) is 9.59 Å². The maximum Gasteiger partial charge on any atom is 0.319 e. The molecule has 1 saturated heterocycles. The summed E-state index contributed by atoms with van der Waals surface area (Å²) >= 11 is 5.80. The summed E-state index contributed by atoms with van der Waals surface area (Å²) in [6, 6.07) is 9.96. The summed E-state index contributed by atoms with van der Waals surface area (Å²) in [5, 5.41) is 12.6. The summed E-state index contributed by atoms with van der Waals surface area (Å²) in [4.78, 5) is 28.9. The van der Waals surface area contributed by atoms with Crippen molar-refractivity contribution in [2.45, 2.75) is 37.3 Å². The predicted octanol–water partition coefficient (Wildman–Crippen LogP) is 3.39. The van der Waals surface area contributed by atoms with Gasteiger partial charge in [-0.2, -0.15) is 0 Å². The Kier molecular flexibility index (Phi) is 5.19. The lowest BCUT2D eigenvalue weighted by Gasteiger charge is -2.43. The third-order valence-electron chi connectivity index (χ3n) is 5.48. The highest BCUT2D eigenvalue weighted by molar-refractivity contribution is 6.30. The van der Waals surface area contributed by atoms with E-state index in [1.165, 1.54) is 12.6 Å². The van der Waals surface area contributed by atoms with Crippen LogP contribution in [-0.4, -0.2) is 35.0 Å². The molecule has 7 nitrogen and oxygen atoms in total. The smallest absolute Gasteiger partial charge is 0.319 e. The lowest BCUT2D eigenvalue weighted by molar-refractivity contribution is 0.102. The fourth-order valence-electron chi connectivity index (χ4n) is 3.86. The van der Waals surface area contributed by atoms with Crippen molar-refractivity contribution in [1.29, 1.82) is 0 Å². The first kappa shape index (κ1) is 18.7. The standard InChI is InChI=1S/C20H22ClN5O2/c21-14-5-6-17(22-12-14)26-18(27)13-3-1-4-15(11-13)24-19(28)25-16-7-10-23-20(16)8-2-9-20/h1,3-6,11-12,16,23H,2,7-10H2,(H,22,26,27)(H2,24,25,28). The number of carbonyl (C=O) groups excluding carboxylic acids is 2. The van der Waals surface area contributed by atoms with Gasteiger partial charge in [-0.1, -0.05) is 17.7 Å². The summed E-state index contributed by atoms with van der Waals surface area (Å²) in [5.41, 5.74) is 1.06. The summed E-state index contributed by atoms with van der Waals surface area (Å²) in [5.74, 6) is 0.0947. The molecule has 1 saturated carbocycles. The van der Waals surface area contributed by atoms with Gasteiger partial charge in [-0.05, 0) is 62.6 Å². The normalized spacial score (nSPS) is 19.7. The summed E-state index contributed by atoms with van der Waals surface area (Å²) in [7, 11) is 0. The van der Waals surface area contributed by atoms with Gasteiger partial charge in [0.25, 0.3) is 5.91 Å². The average Bonchev–Trinajstić information content (AvgIpc) is 3.07. The molecular formula is C20H22ClN5O2. The number of hydrogen-bond acceptors (Lipinski definition) is 4. The monoisotopic (exact) mass is 399 g/mol. The maximum atomic E-state index is 12.4. The third-order valence-corrected chi connectivity index (χ3v) is 5.70. The molecule has 1 atom stereocenters. The van der Waals surface area contributed by atoms with Crippen LogP contribution in [0.2, 0.25) is 5.02 Å². The van der Waals surface area contributed by atoms with E-state index in [0.717, 1.165) is 25.8 Å². The fourth-order valence-corrected chi connectivity index (χ4v) is 3.97.